The molecule has 0 N–H and O–H groups in total. The van der Waals surface area contributed by atoms with Gasteiger partial charge in [-0.15, -0.1) is 0 Å². The van der Waals surface area contributed by atoms with Gasteiger partial charge >= 0.3 is 0 Å². The molecule has 8 aromatic rings. The van der Waals surface area contributed by atoms with Crippen LogP contribution in [0, 0.1) is 0 Å². The molecule has 250 valence electrons. The lowest BCUT2D eigenvalue weighted by Gasteiger charge is -2.41. The molecule has 0 saturated carbocycles. The molecule has 2 heterocycles. The maximum Gasteiger partial charge on any atom is 0.164 e. The van der Waals surface area contributed by atoms with E-state index in [1.54, 1.807) is 0 Å². The van der Waals surface area contributed by atoms with Crippen LogP contribution in [0.25, 0.3) is 56.4 Å². The Kier molecular flexibility index (Phi) is 6.19. The number of benzene rings is 7. The molecule has 1 aromatic heterocycles. The Morgan fingerprint density at radius 3 is 1.51 bits per heavy atom. The van der Waals surface area contributed by atoms with Crippen LogP contribution in [0.4, 0.5) is 0 Å². The maximum absolute atomic E-state index is 7.16. The Hall–Kier alpha value is -6.65. The molecule has 0 radical (unpaired) electrons. The third-order valence-electron chi connectivity index (χ3n) is 11.6. The minimum Gasteiger partial charge on any atom is -0.456 e. The van der Waals surface area contributed by atoms with E-state index in [0.717, 1.165) is 28.2 Å². The van der Waals surface area contributed by atoms with Crippen molar-refractivity contribution in [3.63, 3.8) is 0 Å². The average molecular weight is 680 g/mol. The second kappa shape index (κ2) is 10.9. The Balaban J connectivity index is 1.16. The quantitative estimate of drug-likeness (QED) is 0.186. The van der Waals surface area contributed by atoms with Crippen LogP contribution in [0.2, 0.25) is 0 Å². The number of hydrogen-bond acceptors (Lipinski definition) is 4. The van der Waals surface area contributed by atoms with Crippen LogP contribution in [-0.2, 0) is 10.8 Å². The number of hydrogen-bond donors (Lipinski definition) is 0. The molecule has 2 aliphatic carbocycles. The molecule has 53 heavy (non-hydrogen) atoms. The number of nitrogens with zero attached hydrogens (tertiary/aromatic N) is 3. The molecule has 0 unspecified atom stereocenters. The van der Waals surface area contributed by atoms with E-state index >= 15 is 0 Å². The second-order valence-electron chi connectivity index (χ2n) is 14.7. The summed E-state index contributed by atoms with van der Waals surface area (Å²) in [7, 11) is 0. The van der Waals surface area contributed by atoms with Crippen molar-refractivity contribution < 1.29 is 4.74 Å². The Bertz CT molecular complexity index is 2680. The standard InChI is InChI=1S/C49H33N3O/c1-48(2)42-34(22-15-23-36(42)47-51-45(30-16-5-3-6-17-30)50-46(52-47)31-18-7-4-8-19-31)35-28-29-40-44(43(35)48)53-41-27-14-13-26-39(41)49(40)37-24-11-9-20-32(37)33-21-10-12-25-38(33)49/h3-29H,1-2H3. The van der Waals surface area contributed by atoms with Crippen LogP contribution < -0.4 is 4.74 Å². The number of para-hydroxylation sites is 1. The molecular weight excluding hydrogens is 647 g/mol. The van der Waals surface area contributed by atoms with Crippen molar-refractivity contribution in [1.29, 1.82) is 0 Å². The first kappa shape index (κ1) is 30.0. The molecular formula is C49H33N3O. The normalized spacial score (nSPS) is 14.7. The molecule has 0 amide bonds. The van der Waals surface area contributed by atoms with Gasteiger partial charge in [0.25, 0.3) is 0 Å². The van der Waals surface area contributed by atoms with Gasteiger partial charge in [0.15, 0.2) is 17.5 Å². The van der Waals surface area contributed by atoms with Crippen molar-refractivity contribution in [1.82, 2.24) is 15.0 Å². The van der Waals surface area contributed by atoms with Crippen LogP contribution >= 0.6 is 0 Å². The number of fused-ring (bicyclic) bond motifs is 13. The van der Waals surface area contributed by atoms with Gasteiger partial charge in [-0.3, -0.25) is 0 Å². The summed E-state index contributed by atoms with van der Waals surface area (Å²) >= 11 is 0. The average Bonchev–Trinajstić information content (AvgIpc) is 3.64. The number of rotatable bonds is 3. The van der Waals surface area contributed by atoms with Crippen molar-refractivity contribution in [2.45, 2.75) is 24.7 Å². The maximum atomic E-state index is 7.16. The van der Waals surface area contributed by atoms with Crippen molar-refractivity contribution in [2.75, 3.05) is 0 Å². The highest BCUT2D eigenvalue weighted by Crippen LogP contribution is 2.65. The van der Waals surface area contributed by atoms with Crippen molar-refractivity contribution in [2.24, 2.45) is 0 Å². The lowest BCUT2D eigenvalue weighted by molar-refractivity contribution is 0.423. The second-order valence-corrected chi connectivity index (χ2v) is 14.7. The number of aromatic nitrogens is 3. The molecule has 1 aliphatic heterocycles. The van der Waals surface area contributed by atoms with Crippen LogP contribution in [0.1, 0.15) is 47.2 Å². The van der Waals surface area contributed by atoms with Gasteiger partial charge in [0.2, 0.25) is 0 Å². The van der Waals surface area contributed by atoms with E-state index in [2.05, 4.69) is 141 Å². The summed E-state index contributed by atoms with van der Waals surface area (Å²) in [5.74, 6) is 3.79. The highest BCUT2D eigenvalue weighted by molar-refractivity contribution is 5.93. The first-order valence-electron chi connectivity index (χ1n) is 18.2. The van der Waals surface area contributed by atoms with Crippen LogP contribution in [0.15, 0.2) is 164 Å². The van der Waals surface area contributed by atoms with E-state index in [9.17, 15) is 0 Å². The van der Waals surface area contributed by atoms with Crippen LogP contribution in [0.5, 0.6) is 11.5 Å². The van der Waals surface area contributed by atoms with Gasteiger partial charge in [-0.1, -0.05) is 172 Å². The topological polar surface area (TPSA) is 47.9 Å². The molecule has 7 aromatic carbocycles. The fourth-order valence-corrected chi connectivity index (χ4v) is 9.46. The van der Waals surface area contributed by atoms with Crippen molar-refractivity contribution in [3.05, 3.63) is 197 Å². The summed E-state index contributed by atoms with van der Waals surface area (Å²) in [4.78, 5) is 15.3. The summed E-state index contributed by atoms with van der Waals surface area (Å²) in [6.45, 7) is 4.65. The van der Waals surface area contributed by atoms with Gasteiger partial charge in [0, 0.05) is 38.8 Å². The molecule has 0 atom stereocenters. The minimum absolute atomic E-state index is 0.454. The highest BCUT2D eigenvalue weighted by atomic mass is 16.5. The molecule has 0 saturated heterocycles. The van der Waals surface area contributed by atoms with Gasteiger partial charge in [-0.2, -0.15) is 0 Å². The van der Waals surface area contributed by atoms with Crippen molar-refractivity contribution in [3.8, 4) is 67.9 Å². The first-order chi connectivity index (χ1) is 26.0. The molecule has 3 aliphatic rings. The lowest BCUT2D eigenvalue weighted by Crippen LogP contribution is -2.33. The molecule has 1 spiro atoms. The summed E-state index contributed by atoms with van der Waals surface area (Å²) in [6.07, 6.45) is 0. The summed E-state index contributed by atoms with van der Waals surface area (Å²) in [6, 6.07) is 57.9. The monoisotopic (exact) mass is 679 g/mol. The van der Waals surface area contributed by atoms with E-state index in [0.29, 0.717) is 17.5 Å². The zero-order valence-corrected chi connectivity index (χ0v) is 29.3. The fourth-order valence-electron chi connectivity index (χ4n) is 9.46. The predicted molar refractivity (Wildman–Crippen MR) is 211 cm³/mol. The minimum atomic E-state index is -0.524. The van der Waals surface area contributed by atoms with Gasteiger partial charge in [-0.05, 0) is 45.0 Å². The lowest BCUT2D eigenvalue weighted by atomic mass is 9.65. The molecule has 4 heteroatoms. The van der Waals surface area contributed by atoms with Crippen LogP contribution in [-0.4, -0.2) is 15.0 Å². The van der Waals surface area contributed by atoms with E-state index in [1.165, 1.54) is 55.6 Å². The Labute approximate surface area is 308 Å². The highest BCUT2D eigenvalue weighted by Gasteiger charge is 2.53. The summed E-state index contributed by atoms with van der Waals surface area (Å²) in [5.41, 5.74) is 14.1. The van der Waals surface area contributed by atoms with Gasteiger partial charge in [0.1, 0.15) is 11.5 Å². The van der Waals surface area contributed by atoms with Crippen LogP contribution in [0.3, 0.4) is 0 Å². The SMILES string of the molecule is CC1(C)c2c(-c3nc(-c4ccccc4)nc(-c4ccccc4)n3)cccc2-c2ccc3c(c21)Oc1ccccc1C31c2ccccc2-c2ccccc21. The predicted octanol–water partition coefficient (Wildman–Crippen LogP) is 11.6. The summed E-state index contributed by atoms with van der Waals surface area (Å²) in [5, 5.41) is 0. The smallest absolute Gasteiger partial charge is 0.164 e. The summed E-state index contributed by atoms with van der Waals surface area (Å²) < 4.78 is 7.16. The number of ether oxygens (including phenoxy) is 1. The third-order valence-corrected chi connectivity index (χ3v) is 11.6. The van der Waals surface area contributed by atoms with E-state index in [1.807, 2.05) is 36.4 Å². The largest absolute Gasteiger partial charge is 0.456 e. The zero-order valence-electron chi connectivity index (χ0n) is 29.3. The Morgan fingerprint density at radius 1 is 0.377 bits per heavy atom. The van der Waals surface area contributed by atoms with E-state index < -0.39 is 10.8 Å². The van der Waals surface area contributed by atoms with E-state index in [4.69, 9.17) is 19.7 Å². The van der Waals surface area contributed by atoms with E-state index in [-0.39, 0.29) is 0 Å². The molecule has 0 bridgehead atoms. The third kappa shape index (κ3) is 4.03. The fraction of sp³-hybridized carbons (Fsp3) is 0.0816. The zero-order chi connectivity index (χ0) is 35.3. The van der Waals surface area contributed by atoms with Gasteiger partial charge < -0.3 is 4.74 Å². The molecule has 0 fully saturated rings. The van der Waals surface area contributed by atoms with Gasteiger partial charge in [0.05, 0.1) is 5.41 Å². The van der Waals surface area contributed by atoms with Gasteiger partial charge in [-0.25, -0.2) is 15.0 Å². The molecule has 4 nitrogen and oxygen atoms in total. The first-order valence-corrected chi connectivity index (χ1v) is 18.2. The Morgan fingerprint density at radius 2 is 0.868 bits per heavy atom. The molecule has 11 rings (SSSR count). The van der Waals surface area contributed by atoms with Crippen molar-refractivity contribution >= 4 is 0 Å².